The molecule has 0 unspecified atom stereocenters. The van der Waals surface area contributed by atoms with Gasteiger partial charge in [-0.25, -0.2) is 4.39 Å². The second kappa shape index (κ2) is 4.00. The van der Waals surface area contributed by atoms with Crippen LogP contribution >= 0.6 is 34.8 Å². The molecule has 0 fully saturated rings. The number of benzene rings is 1. The molecule has 2 nitrogen and oxygen atoms in total. The molecule has 0 aliphatic heterocycles. The van der Waals surface area contributed by atoms with Crippen LogP contribution in [-0.4, -0.2) is 5.16 Å². The lowest BCUT2D eigenvalue weighted by molar-refractivity contribution is 0.424. The van der Waals surface area contributed by atoms with Gasteiger partial charge in [0, 0.05) is 5.56 Å². The lowest BCUT2D eigenvalue weighted by Gasteiger charge is -1.99. The Kier molecular flexibility index (Phi) is 2.87. The van der Waals surface area contributed by atoms with Crippen molar-refractivity contribution in [3.63, 3.8) is 0 Å². The van der Waals surface area contributed by atoms with E-state index in [9.17, 15) is 4.39 Å². The van der Waals surface area contributed by atoms with Crippen molar-refractivity contribution in [1.29, 1.82) is 0 Å². The van der Waals surface area contributed by atoms with Gasteiger partial charge in [-0.15, -0.1) is 0 Å². The Bertz CT molecular complexity index is 512. The molecule has 2 rings (SSSR count). The highest BCUT2D eigenvalue weighted by Crippen LogP contribution is 2.36. The van der Waals surface area contributed by atoms with E-state index in [1.807, 2.05) is 0 Å². The number of halogens is 4. The van der Waals surface area contributed by atoms with E-state index in [1.165, 1.54) is 18.2 Å². The summed E-state index contributed by atoms with van der Waals surface area (Å²) in [7, 11) is 0. The first kappa shape index (κ1) is 10.7. The smallest absolute Gasteiger partial charge is 0.245 e. The Morgan fingerprint density at radius 2 is 1.93 bits per heavy atom. The molecule has 1 aromatic carbocycles. The molecule has 1 aromatic heterocycles. The van der Waals surface area contributed by atoms with Gasteiger partial charge in [-0.3, -0.25) is 0 Å². The van der Waals surface area contributed by atoms with Crippen LogP contribution in [0.3, 0.4) is 0 Å². The lowest BCUT2D eigenvalue weighted by Crippen LogP contribution is -1.82. The van der Waals surface area contributed by atoms with Crippen LogP contribution in [0, 0.1) is 5.82 Å². The second-order valence-electron chi connectivity index (χ2n) is 2.74. The fourth-order valence-electron chi connectivity index (χ4n) is 1.11. The van der Waals surface area contributed by atoms with E-state index in [-0.39, 0.29) is 15.9 Å². The van der Waals surface area contributed by atoms with Crippen molar-refractivity contribution in [2.24, 2.45) is 0 Å². The van der Waals surface area contributed by atoms with Gasteiger partial charge < -0.3 is 4.52 Å². The number of hydrogen-bond donors (Lipinski definition) is 0. The minimum absolute atomic E-state index is 0.0491. The van der Waals surface area contributed by atoms with Crippen molar-refractivity contribution >= 4 is 34.8 Å². The quantitative estimate of drug-likeness (QED) is 0.762. The molecular formula is C9H3Cl3FNO. The fraction of sp³-hybridized carbons (Fsp3) is 0. The van der Waals surface area contributed by atoms with E-state index in [4.69, 9.17) is 34.8 Å². The Labute approximate surface area is 99.5 Å². The van der Waals surface area contributed by atoms with E-state index in [0.717, 1.165) is 0 Å². The van der Waals surface area contributed by atoms with E-state index in [0.29, 0.717) is 10.6 Å². The molecule has 0 spiro atoms. The van der Waals surface area contributed by atoms with Gasteiger partial charge in [-0.1, -0.05) is 28.4 Å². The van der Waals surface area contributed by atoms with Gasteiger partial charge in [0.2, 0.25) is 5.22 Å². The first-order valence-electron chi connectivity index (χ1n) is 3.85. The zero-order chi connectivity index (χ0) is 11.0. The summed E-state index contributed by atoms with van der Waals surface area (Å²) in [6.45, 7) is 0. The molecular weight excluding hydrogens is 263 g/mol. The second-order valence-corrected chi connectivity index (χ2v) is 3.87. The predicted octanol–water partition coefficient (Wildman–Crippen LogP) is 4.44. The SMILES string of the molecule is Fc1ccc(Cl)c(-c2noc(Cl)c2Cl)c1. The summed E-state index contributed by atoms with van der Waals surface area (Å²) >= 11 is 17.2. The van der Waals surface area contributed by atoms with Crippen molar-refractivity contribution < 1.29 is 8.91 Å². The molecule has 6 heteroatoms. The van der Waals surface area contributed by atoms with Crippen molar-refractivity contribution in [1.82, 2.24) is 5.16 Å². The molecule has 0 saturated carbocycles. The third kappa shape index (κ3) is 1.95. The van der Waals surface area contributed by atoms with Gasteiger partial charge in [0.05, 0.1) is 5.02 Å². The van der Waals surface area contributed by atoms with Crippen LogP contribution in [0.15, 0.2) is 22.7 Å². The third-order valence-electron chi connectivity index (χ3n) is 1.78. The molecule has 0 aliphatic rings. The zero-order valence-electron chi connectivity index (χ0n) is 7.10. The maximum atomic E-state index is 13.0. The highest BCUT2D eigenvalue weighted by molar-refractivity contribution is 6.43. The van der Waals surface area contributed by atoms with Crippen LogP contribution in [-0.2, 0) is 0 Å². The van der Waals surface area contributed by atoms with E-state index >= 15 is 0 Å². The summed E-state index contributed by atoms with van der Waals surface area (Å²) in [5.41, 5.74) is 0.573. The van der Waals surface area contributed by atoms with E-state index in [1.54, 1.807) is 0 Å². The molecule has 0 atom stereocenters. The molecule has 2 aromatic rings. The maximum absolute atomic E-state index is 13.0. The molecule has 0 radical (unpaired) electrons. The molecule has 0 amide bonds. The molecule has 0 N–H and O–H groups in total. The van der Waals surface area contributed by atoms with Crippen molar-refractivity contribution in [2.75, 3.05) is 0 Å². The molecule has 1 heterocycles. The summed E-state index contributed by atoms with van der Waals surface area (Å²) in [6.07, 6.45) is 0. The summed E-state index contributed by atoms with van der Waals surface area (Å²) < 4.78 is 17.6. The van der Waals surface area contributed by atoms with Crippen molar-refractivity contribution in [3.05, 3.63) is 39.3 Å². The zero-order valence-corrected chi connectivity index (χ0v) is 9.37. The van der Waals surface area contributed by atoms with Crippen LogP contribution < -0.4 is 0 Å². The first-order valence-corrected chi connectivity index (χ1v) is 4.99. The van der Waals surface area contributed by atoms with Crippen LogP contribution in [0.5, 0.6) is 0 Å². The Hall–Kier alpha value is -0.770. The topological polar surface area (TPSA) is 26.0 Å². The Morgan fingerprint density at radius 1 is 1.20 bits per heavy atom. The summed E-state index contributed by atoms with van der Waals surface area (Å²) in [5.74, 6) is -0.440. The third-order valence-corrected chi connectivity index (χ3v) is 2.82. The maximum Gasteiger partial charge on any atom is 0.245 e. The summed E-state index contributed by atoms with van der Waals surface area (Å²) in [5, 5.41) is 3.99. The summed E-state index contributed by atoms with van der Waals surface area (Å²) in [6, 6.07) is 3.86. The largest absolute Gasteiger partial charge is 0.342 e. The van der Waals surface area contributed by atoms with E-state index in [2.05, 4.69) is 9.68 Å². The van der Waals surface area contributed by atoms with Crippen LogP contribution in [0.1, 0.15) is 0 Å². The van der Waals surface area contributed by atoms with Crippen molar-refractivity contribution in [2.45, 2.75) is 0 Å². The lowest BCUT2D eigenvalue weighted by atomic mass is 10.1. The highest BCUT2D eigenvalue weighted by atomic mass is 35.5. The fourth-order valence-corrected chi connectivity index (χ4v) is 1.61. The number of nitrogens with zero attached hydrogens (tertiary/aromatic N) is 1. The standard InChI is InChI=1S/C9H3Cl3FNO/c10-6-2-1-4(13)3-5(6)8-7(11)9(12)15-14-8/h1-3H. The normalized spacial score (nSPS) is 10.7. The molecule has 0 bridgehead atoms. The molecule has 0 aliphatic carbocycles. The molecule has 0 saturated heterocycles. The molecule has 78 valence electrons. The van der Waals surface area contributed by atoms with Crippen molar-refractivity contribution in [3.8, 4) is 11.3 Å². The number of aromatic nitrogens is 1. The minimum Gasteiger partial charge on any atom is -0.342 e. The van der Waals surface area contributed by atoms with Gasteiger partial charge in [0.1, 0.15) is 16.5 Å². The highest BCUT2D eigenvalue weighted by Gasteiger charge is 2.16. The average molecular weight is 266 g/mol. The van der Waals surface area contributed by atoms with Crippen LogP contribution in [0.25, 0.3) is 11.3 Å². The minimum atomic E-state index is -0.440. The van der Waals surface area contributed by atoms with E-state index < -0.39 is 5.82 Å². The first-order chi connectivity index (χ1) is 7.09. The monoisotopic (exact) mass is 265 g/mol. The van der Waals surface area contributed by atoms with Crippen LogP contribution in [0.2, 0.25) is 15.3 Å². The molecule has 15 heavy (non-hydrogen) atoms. The Balaban J connectivity index is 2.63. The van der Waals surface area contributed by atoms with Crippen LogP contribution in [0.4, 0.5) is 4.39 Å². The van der Waals surface area contributed by atoms with Gasteiger partial charge in [-0.05, 0) is 29.8 Å². The number of hydrogen-bond acceptors (Lipinski definition) is 2. The summed E-state index contributed by atoms with van der Waals surface area (Å²) in [4.78, 5) is 0. The van der Waals surface area contributed by atoms with Gasteiger partial charge in [0.25, 0.3) is 0 Å². The average Bonchev–Trinajstić information content (AvgIpc) is 2.52. The van der Waals surface area contributed by atoms with Gasteiger partial charge in [0.15, 0.2) is 0 Å². The van der Waals surface area contributed by atoms with Gasteiger partial charge in [-0.2, -0.15) is 0 Å². The van der Waals surface area contributed by atoms with Gasteiger partial charge >= 0.3 is 0 Å². The predicted molar refractivity (Wildman–Crippen MR) is 56.9 cm³/mol. The Morgan fingerprint density at radius 3 is 2.53 bits per heavy atom. The number of rotatable bonds is 1.